The molecule has 0 saturated carbocycles. The minimum absolute atomic E-state index is 1.03. The maximum Gasteiger partial charge on any atom is 0.150 e. The van der Waals surface area contributed by atoms with Crippen LogP contribution < -0.4 is 0 Å². The average molecular weight is 211 g/mol. The fraction of sp³-hybridized carbons (Fsp3) is 1.00. The number of hydrogen-bond acceptors (Lipinski definition) is 1. The van der Waals surface area contributed by atoms with Gasteiger partial charge in [-0.15, -0.1) is 0 Å². The molecule has 0 atom stereocenters. The molecule has 0 saturated heterocycles. The molecule has 0 aromatic carbocycles. The van der Waals surface area contributed by atoms with E-state index in [2.05, 4.69) is 25.7 Å². The van der Waals surface area contributed by atoms with Crippen molar-refractivity contribution < 1.29 is 0 Å². The van der Waals surface area contributed by atoms with E-state index in [0.29, 0.717) is 0 Å². The van der Waals surface area contributed by atoms with Crippen molar-refractivity contribution in [3.63, 3.8) is 0 Å². The fourth-order valence-electron chi connectivity index (χ4n) is 1.01. The summed E-state index contributed by atoms with van der Waals surface area (Å²) < 4.78 is 0. The number of halogens is 1. The Bertz CT molecular complexity index is 90.6. The van der Waals surface area contributed by atoms with Crippen LogP contribution in [0.5, 0.6) is 0 Å². The predicted octanol–water partition coefficient (Wildman–Crippen LogP) is 3.92. The minimum Gasteiger partial charge on any atom is -0.179 e. The largest absolute Gasteiger partial charge is 0.179 e. The molecule has 68 valence electrons. The molecule has 0 aromatic rings. The molecule has 0 amide bonds. The van der Waals surface area contributed by atoms with Crippen LogP contribution in [-0.2, 0) is 0 Å². The van der Waals surface area contributed by atoms with Gasteiger partial charge >= 0.3 is 0 Å². The smallest absolute Gasteiger partial charge is 0.150 e. The van der Waals surface area contributed by atoms with Gasteiger partial charge in [0, 0.05) is 0 Å². The van der Waals surface area contributed by atoms with Crippen LogP contribution in [0.1, 0.15) is 25.7 Å². The zero-order valence-corrected chi connectivity index (χ0v) is 10.2. The second-order valence-corrected chi connectivity index (χ2v) is 11.1. The summed E-state index contributed by atoms with van der Waals surface area (Å²) in [5.74, 6) is 1.03. The first-order chi connectivity index (χ1) is 5.06. The van der Waals surface area contributed by atoms with E-state index in [4.69, 9.17) is 11.1 Å². The number of rotatable bonds is 6. The van der Waals surface area contributed by atoms with Crippen molar-refractivity contribution in [2.24, 2.45) is 0 Å². The Morgan fingerprint density at radius 3 is 2.09 bits per heavy atom. The highest BCUT2D eigenvalue weighted by atomic mass is 35.6. The average Bonchev–Trinajstić information content (AvgIpc) is 1.85. The van der Waals surface area contributed by atoms with E-state index >= 15 is 0 Å². The summed E-state index contributed by atoms with van der Waals surface area (Å²) in [4.78, 5) is 0. The molecular formula is C8H19ClSSi. The van der Waals surface area contributed by atoms with Crippen molar-refractivity contribution in [3.8, 4) is 0 Å². The Morgan fingerprint density at radius 1 is 1.09 bits per heavy atom. The molecule has 0 aliphatic heterocycles. The third kappa shape index (κ3) is 10.9. The van der Waals surface area contributed by atoms with E-state index < -0.39 is 7.38 Å². The van der Waals surface area contributed by atoms with E-state index in [1.165, 1.54) is 31.7 Å². The summed E-state index contributed by atoms with van der Waals surface area (Å²) in [6.07, 6.45) is 5.23. The first kappa shape index (κ1) is 11.9. The minimum atomic E-state index is -1.26. The molecule has 0 nitrogen and oxygen atoms in total. The fourth-order valence-corrected chi connectivity index (χ4v) is 2.73. The molecular weight excluding hydrogens is 192 g/mol. The molecule has 0 fully saturated rings. The third-order valence-corrected chi connectivity index (χ3v) is 4.11. The topological polar surface area (TPSA) is 0 Å². The van der Waals surface area contributed by atoms with Gasteiger partial charge in [-0.1, -0.05) is 32.4 Å². The van der Waals surface area contributed by atoms with Crippen LogP contribution >= 0.6 is 23.7 Å². The van der Waals surface area contributed by atoms with E-state index in [-0.39, 0.29) is 0 Å². The summed E-state index contributed by atoms with van der Waals surface area (Å²) in [7, 11) is -1.26. The summed E-state index contributed by atoms with van der Waals surface area (Å²) in [5.41, 5.74) is 0. The summed E-state index contributed by atoms with van der Waals surface area (Å²) in [6, 6.07) is 1.27. The maximum atomic E-state index is 6.17. The van der Waals surface area contributed by atoms with E-state index in [1.807, 2.05) is 0 Å². The summed E-state index contributed by atoms with van der Waals surface area (Å²) >= 11 is 10.3. The van der Waals surface area contributed by atoms with Gasteiger partial charge in [0.15, 0.2) is 0 Å². The van der Waals surface area contributed by atoms with Crippen LogP contribution in [0, 0.1) is 0 Å². The molecule has 0 unspecified atom stereocenters. The molecule has 0 N–H and O–H groups in total. The van der Waals surface area contributed by atoms with Gasteiger partial charge in [0.1, 0.15) is 7.38 Å². The molecule has 0 aromatic heterocycles. The molecule has 0 radical (unpaired) electrons. The van der Waals surface area contributed by atoms with Gasteiger partial charge in [0.25, 0.3) is 0 Å². The van der Waals surface area contributed by atoms with Crippen molar-refractivity contribution in [2.75, 3.05) is 5.75 Å². The van der Waals surface area contributed by atoms with Crippen LogP contribution in [-0.4, -0.2) is 13.1 Å². The highest BCUT2D eigenvalue weighted by Gasteiger charge is 2.15. The van der Waals surface area contributed by atoms with Crippen LogP contribution in [0.4, 0.5) is 0 Å². The molecule has 0 rings (SSSR count). The number of thiol groups is 1. The Morgan fingerprint density at radius 2 is 1.64 bits per heavy atom. The van der Waals surface area contributed by atoms with Crippen molar-refractivity contribution in [3.05, 3.63) is 0 Å². The molecule has 3 heteroatoms. The Kier molecular flexibility index (Phi) is 6.88. The lowest BCUT2D eigenvalue weighted by Crippen LogP contribution is -2.14. The van der Waals surface area contributed by atoms with Gasteiger partial charge in [-0.3, -0.25) is 0 Å². The molecule has 0 aliphatic rings. The maximum absolute atomic E-state index is 6.17. The van der Waals surface area contributed by atoms with E-state index in [9.17, 15) is 0 Å². The van der Waals surface area contributed by atoms with Gasteiger partial charge in [-0.25, -0.2) is 0 Å². The van der Waals surface area contributed by atoms with Crippen LogP contribution in [0.2, 0.25) is 19.1 Å². The Balaban J connectivity index is 3.02. The molecule has 0 heterocycles. The zero-order chi connectivity index (χ0) is 8.74. The zero-order valence-electron chi connectivity index (χ0n) is 7.57. The Labute approximate surface area is 81.8 Å². The highest BCUT2D eigenvalue weighted by Crippen LogP contribution is 2.18. The lowest BCUT2D eigenvalue weighted by Gasteiger charge is -2.11. The molecule has 0 bridgehead atoms. The molecule has 0 aliphatic carbocycles. The quantitative estimate of drug-likeness (QED) is 0.292. The van der Waals surface area contributed by atoms with Gasteiger partial charge in [-0.2, -0.15) is 23.7 Å². The second-order valence-electron chi connectivity index (χ2n) is 3.61. The van der Waals surface area contributed by atoms with E-state index in [0.717, 1.165) is 5.75 Å². The predicted molar refractivity (Wildman–Crippen MR) is 60.5 cm³/mol. The van der Waals surface area contributed by atoms with E-state index in [1.54, 1.807) is 0 Å². The lowest BCUT2D eigenvalue weighted by molar-refractivity contribution is 0.703. The normalized spacial score (nSPS) is 12.0. The SMILES string of the molecule is C[Si](C)(Cl)CCCCCCS. The third-order valence-electron chi connectivity index (χ3n) is 1.68. The van der Waals surface area contributed by atoms with Gasteiger partial charge in [-0.05, 0) is 18.2 Å². The van der Waals surface area contributed by atoms with Crippen molar-refractivity contribution in [1.82, 2.24) is 0 Å². The monoisotopic (exact) mass is 210 g/mol. The summed E-state index contributed by atoms with van der Waals surface area (Å²) in [6.45, 7) is 4.43. The number of unbranched alkanes of at least 4 members (excludes halogenated alkanes) is 3. The standard InChI is InChI=1S/C8H19ClSSi/c1-11(2,9)8-6-4-3-5-7-10/h10H,3-8H2,1-2H3. The van der Waals surface area contributed by atoms with Crippen LogP contribution in [0.3, 0.4) is 0 Å². The first-order valence-electron chi connectivity index (χ1n) is 4.36. The van der Waals surface area contributed by atoms with Gasteiger partial charge < -0.3 is 0 Å². The van der Waals surface area contributed by atoms with Crippen LogP contribution in [0.15, 0.2) is 0 Å². The van der Waals surface area contributed by atoms with Crippen molar-refractivity contribution in [1.29, 1.82) is 0 Å². The molecule has 0 spiro atoms. The lowest BCUT2D eigenvalue weighted by atomic mass is 10.2. The Hall–Kier alpha value is 0.857. The van der Waals surface area contributed by atoms with Gasteiger partial charge in [0.2, 0.25) is 0 Å². The summed E-state index contributed by atoms with van der Waals surface area (Å²) in [5, 5.41) is 0. The first-order valence-corrected chi connectivity index (χ1v) is 9.21. The van der Waals surface area contributed by atoms with Crippen molar-refractivity contribution >= 4 is 31.1 Å². The second kappa shape index (κ2) is 6.38. The van der Waals surface area contributed by atoms with Gasteiger partial charge in [0.05, 0.1) is 0 Å². The van der Waals surface area contributed by atoms with Crippen LogP contribution in [0.25, 0.3) is 0 Å². The van der Waals surface area contributed by atoms with Crippen molar-refractivity contribution in [2.45, 2.75) is 44.8 Å². The molecule has 11 heavy (non-hydrogen) atoms. The number of hydrogen-bond donors (Lipinski definition) is 1. The highest BCUT2D eigenvalue weighted by molar-refractivity contribution is 7.80.